The summed E-state index contributed by atoms with van der Waals surface area (Å²) < 4.78 is 11.4. The maximum Gasteiger partial charge on any atom is 0.203 e. The van der Waals surface area contributed by atoms with Gasteiger partial charge in [-0.1, -0.05) is 12.1 Å². The summed E-state index contributed by atoms with van der Waals surface area (Å²) in [5, 5.41) is 0. The van der Waals surface area contributed by atoms with E-state index >= 15 is 0 Å². The number of anilines is 1. The third-order valence-corrected chi connectivity index (χ3v) is 5.14. The molecule has 0 spiro atoms. The largest absolute Gasteiger partial charge is 0.377 e. The Labute approximate surface area is 149 Å². The summed E-state index contributed by atoms with van der Waals surface area (Å²) in [5.74, 6) is 0.998. The topological polar surface area (TPSA) is 53.6 Å². The molecule has 4 rings (SSSR count). The molecule has 0 radical (unpaired) electrons. The Morgan fingerprint density at radius 2 is 2.12 bits per heavy atom. The summed E-state index contributed by atoms with van der Waals surface area (Å²) in [6, 6.07) is 8.23. The Morgan fingerprint density at radius 1 is 1.16 bits per heavy atom. The second-order valence-electron chi connectivity index (χ2n) is 6.97. The van der Waals surface area contributed by atoms with E-state index in [9.17, 15) is 0 Å². The highest BCUT2D eigenvalue weighted by Crippen LogP contribution is 2.18. The minimum atomic E-state index is 0.327. The van der Waals surface area contributed by atoms with Crippen molar-refractivity contribution in [3.05, 3.63) is 24.3 Å². The van der Waals surface area contributed by atoms with Gasteiger partial charge in [-0.25, -0.2) is 4.98 Å². The molecule has 1 aromatic heterocycles. The van der Waals surface area contributed by atoms with Crippen LogP contribution in [-0.4, -0.2) is 73.5 Å². The maximum atomic E-state index is 5.81. The molecule has 6 heteroatoms. The number of ether oxygens (including phenoxy) is 2. The number of aromatic nitrogens is 2. The summed E-state index contributed by atoms with van der Waals surface area (Å²) in [5.41, 5.74) is 2.15. The number of H-pyrrole nitrogens is 1. The number of benzene rings is 1. The minimum Gasteiger partial charge on any atom is -0.377 e. The normalized spacial score (nSPS) is 22.6. The first kappa shape index (κ1) is 16.8. The quantitative estimate of drug-likeness (QED) is 0.815. The van der Waals surface area contributed by atoms with E-state index in [2.05, 4.69) is 26.9 Å². The van der Waals surface area contributed by atoms with Crippen LogP contribution in [-0.2, 0) is 9.47 Å². The number of fused-ring (bicyclic) bond motifs is 1. The second-order valence-corrected chi connectivity index (χ2v) is 6.97. The highest BCUT2D eigenvalue weighted by molar-refractivity contribution is 5.77. The number of aromatic amines is 1. The van der Waals surface area contributed by atoms with Gasteiger partial charge in [-0.15, -0.1) is 0 Å². The van der Waals surface area contributed by atoms with Crippen LogP contribution in [0.1, 0.15) is 19.3 Å². The fourth-order valence-electron chi connectivity index (χ4n) is 3.68. The average molecular weight is 344 g/mol. The molecule has 0 saturated carbocycles. The van der Waals surface area contributed by atoms with Crippen molar-refractivity contribution in [1.82, 2.24) is 14.9 Å². The Bertz CT molecular complexity index is 635. The first-order chi connectivity index (χ1) is 12.4. The zero-order valence-electron chi connectivity index (χ0n) is 14.8. The van der Waals surface area contributed by atoms with Crippen LogP contribution in [0, 0.1) is 0 Å². The molecule has 6 nitrogen and oxygen atoms in total. The third-order valence-electron chi connectivity index (χ3n) is 5.14. The van der Waals surface area contributed by atoms with Crippen molar-refractivity contribution < 1.29 is 9.47 Å². The van der Waals surface area contributed by atoms with E-state index in [1.54, 1.807) is 0 Å². The van der Waals surface area contributed by atoms with Crippen LogP contribution in [0.5, 0.6) is 0 Å². The van der Waals surface area contributed by atoms with Crippen molar-refractivity contribution in [2.75, 3.05) is 57.4 Å². The van der Waals surface area contributed by atoms with Gasteiger partial charge in [-0.2, -0.15) is 0 Å². The van der Waals surface area contributed by atoms with E-state index in [1.807, 2.05) is 12.1 Å². The fraction of sp³-hybridized carbons (Fsp3) is 0.632. The molecule has 2 saturated heterocycles. The Balaban J connectivity index is 1.24. The molecule has 2 aliphatic heterocycles. The monoisotopic (exact) mass is 344 g/mol. The Hall–Kier alpha value is -1.63. The lowest BCUT2D eigenvalue weighted by molar-refractivity contribution is 0.0109. The minimum absolute atomic E-state index is 0.327. The van der Waals surface area contributed by atoms with Crippen LogP contribution in [0.2, 0.25) is 0 Å². The lowest BCUT2D eigenvalue weighted by Crippen LogP contribution is -2.33. The molecule has 1 atom stereocenters. The van der Waals surface area contributed by atoms with Crippen LogP contribution in [0.4, 0.5) is 5.95 Å². The summed E-state index contributed by atoms with van der Waals surface area (Å²) in [7, 11) is 0. The molecule has 0 unspecified atom stereocenters. The molecule has 2 aliphatic rings. The highest BCUT2D eigenvalue weighted by atomic mass is 16.5. The molecular formula is C19H28N4O2. The number of para-hydroxylation sites is 2. The Kier molecular flexibility index (Phi) is 5.49. The van der Waals surface area contributed by atoms with Gasteiger partial charge < -0.3 is 19.4 Å². The van der Waals surface area contributed by atoms with Crippen LogP contribution < -0.4 is 4.90 Å². The standard InChI is InChI=1S/C19H28N4O2/c1-2-7-18-17(6-1)20-19(21-18)23-9-4-8-22(10-11-23)12-14-24-15-16-5-3-13-25-16/h1-2,6-7,16H,3-5,8-15H2,(H,20,21)/t16-/m0/s1. The first-order valence-corrected chi connectivity index (χ1v) is 9.50. The third kappa shape index (κ3) is 4.32. The van der Waals surface area contributed by atoms with Gasteiger partial charge in [-0.05, 0) is 37.9 Å². The lowest BCUT2D eigenvalue weighted by Gasteiger charge is -2.21. The summed E-state index contributed by atoms with van der Waals surface area (Å²) >= 11 is 0. The molecule has 1 aromatic carbocycles. The highest BCUT2D eigenvalue weighted by Gasteiger charge is 2.18. The number of nitrogens with zero attached hydrogens (tertiary/aromatic N) is 3. The van der Waals surface area contributed by atoms with Crippen molar-refractivity contribution in [3.8, 4) is 0 Å². The van der Waals surface area contributed by atoms with Gasteiger partial charge in [0.25, 0.3) is 0 Å². The molecule has 0 aliphatic carbocycles. The maximum absolute atomic E-state index is 5.81. The van der Waals surface area contributed by atoms with Gasteiger partial charge in [0.15, 0.2) is 0 Å². The van der Waals surface area contributed by atoms with Crippen molar-refractivity contribution in [1.29, 1.82) is 0 Å². The number of hydrogen-bond acceptors (Lipinski definition) is 5. The van der Waals surface area contributed by atoms with E-state index in [0.717, 1.165) is 82.4 Å². The second kappa shape index (κ2) is 8.17. The van der Waals surface area contributed by atoms with Gasteiger partial charge in [0.1, 0.15) is 0 Å². The van der Waals surface area contributed by atoms with Crippen molar-refractivity contribution in [3.63, 3.8) is 0 Å². The van der Waals surface area contributed by atoms with E-state index in [-0.39, 0.29) is 0 Å². The van der Waals surface area contributed by atoms with Crippen LogP contribution in [0.15, 0.2) is 24.3 Å². The van der Waals surface area contributed by atoms with Gasteiger partial charge >= 0.3 is 0 Å². The van der Waals surface area contributed by atoms with Gasteiger partial charge in [-0.3, -0.25) is 4.90 Å². The van der Waals surface area contributed by atoms with Crippen LogP contribution in [0.3, 0.4) is 0 Å². The summed E-state index contributed by atoms with van der Waals surface area (Å²) in [6.45, 7) is 7.68. The van der Waals surface area contributed by atoms with E-state index in [0.29, 0.717) is 6.10 Å². The SMILES string of the molecule is c1ccc2[nH]c(N3CCCN(CCOC[C@@H]4CCCO4)CC3)nc2c1. The fourth-order valence-corrected chi connectivity index (χ4v) is 3.68. The van der Waals surface area contributed by atoms with E-state index in [1.165, 1.54) is 6.42 Å². The zero-order chi connectivity index (χ0) is 16.9. The van der Waals surface area contributed by atoms with Gasteiger partial charge in [0, 0.05) is 32.8 Å². The van der Waals surface area contributed by atoms with Crippen LogP contribution >= 0.6 is 0 Å². The number of rotatable bonds is 6. The molecule has 2 fully saturated rings. The van der Waals surface area contributed by atoms with Gasteiger partial charge in [0.05, 0.1) is 30.4 Å². The van der Waals surface area contributed by atoms with E-state index in [4.69, 9.17) is 14.5 Å². The predicted octanol–water partition coefficient (Wildman–Crippen LogP) is 2.27. The number of nitrogens with one attached hydrogen (secondary N) is 1. The summed E-state index contributed by atoms with van der Waals surface area (Å²) in [6.07, 6.45) is 3.81. The smallest absolute Gasteiger partial charge is 0.203 e. The number of hydrogen-bond donors (Lipinski definition) is 1. The number of imidazole rings is 1. The van der Waals surface area contributed by atoms with Crippen molar-refractivity contribution >= 4 is 17.0 Å². The zero-order valence-corrected chi connectivity index (χ0v) is 14.8. The average Bonchev–Trinajstić information content (AvgIpc) is 3.24. The molecule has 136 valence electrons. The predicted molar refractivity (Wildman–Crippen MR) is 99.2 cm³/mol. The van der Waals surface area contributed by atoms with Gasteiger partial charge in [0.2, 0.25) is 5.95 Å². The molecule has 1 N–H and O–H groups in total. The summed E-state index contributed by atoms with van der Waals surface area (Å²) in [4.78, 5) is 13.1. The van der Waals surface area contributed by atoms with Crippen LogP contribution in [0.25, 0.3) is 11.0 Å². The molecule has 25 heavy (non-hydrogen) atoms. The Morgan fingerprint density at radius 3 is 3.00 bits per heavy atom. The molecule has 0 bridgehead atoms. The molecule has 2 aromatic rings. The van der Waals surface area contributed by atoms with E-state index < -0.39 is 0 Å². The molecule has 0 amide bonds. The molecule has 3 heterocycles. The molecular weight excluding hydrogens is 316 g/mol. The first-order valence-electron chi connectivity index (χ1n) is 9.50. The van der Waals surface area contributed by atoms with Crippen molar-refractivity contribution in [2.45, 2.75) is 25.4 Å². The lowest BCUT2D eigenvalue weighted by atomic mass is 10.2. The van der Waals surface area contributed by atoms with Crippen molar-refractivity contribution in [2.24, 2.45) is 0 Å².